The molecule has 2 aliphatic rings. The van der Waals surface area contributed by atoms with Crippen molar-refractivity contribution in [3.8, 4) is 0 Å². The molecule has 3 heterocycles. The first-order valence-electron chi connectivity index (χ1n) is 7.30. The van der Waals surface area contributed by atoms with Crippen molar-refractivity contribution in [2.24, 2.45) is 0 Å². The number of hydrogen-bond donors (Lipinski definition) is 1. The van der Waals surface area contributed by atoms with Gasteiger partial charge in [0.05, 0.1) is 24.9 Å². The summed E-state index contributed by atoms with van der Waals surface area (Å²) in [6.45, 7) is 2.77. The highest BCUT2D eigenvalue weighted by Gasteiger charge is 2.26. The molecule has 0 saturated carbocycles. The maximum atomic E-state index is 11.6. The summed E-state index contributed by atoms with van der Waals surface area (Å²) in [6.07, 6.45) is 2.43. The Kier molecular flexibility index (Phi) is 4.07. The molecule has 6 heteroatoms. The molecule has 1 saturated heterocycles. The van der Waals surface area contributed by atoms with Crippen LogP contribution in [0.25, 0.3) is 0 Å². The van der Waals surface area contributed by atoms with Gasteiger partial charge >= 0.3 is 5.97 Å². The topological polar surface area (TPSA) is 71.9 Å². The molecular formula is C15H20N2O4. The van der Waals surface area contributed by atoms with Crippen molar-refractivity contribution < 1.29 is 19.4 Å². The van der Waals surface area contributed by atoms with Crippen LogP contribution in [-0.2, 0) is 22.3 Å². The number of carboxylic acids is 1. The Morgan fingerprint density at radius 2 is 2.29 bits per heavy atom. The van der Waals surface area contributed by atoms with E-state index in [-0.39, 0.29) is 6.10 Å². The summed E-state index contributed by atoms with van der Waals surface area (Å²) in [6, 6.07) is 1.70. The zero-order valence-electron chi connectivity index (χ0n) is 12.2. The average Bonchev–Trinajstić information content (AvgIpc) is 2.84. The van der Waals surface area contributed by atoms with Gasteiger partial charge < -0.3 is 19.5 Å². The lowest BCUT2D eigenvalue weighted by Crippen LogP contribution is -2.24. The van der Waals surface area contributed by atoms with Gasteiger partial charge in [-0.15, -0.1) is 0 Å². The Morgan fingerprint density at radius 1 is 1.48 bits per heavy atom. The van der Waals surface area contributed by atoms with Gasteiger partial charge in [0.2, 0.25) is 0 Å². The van der Waals surface area contributed by atoms with Gasteiger partial charge in [-0.05, 0) is 24.5 Å². The Balaban J connectivity index is 1.97. The first-order chi connectivity index (χ1) is 10.2. The van der Waals surface area contributed by atoms with Crippen LogP contribution >= 0.6 is 0 Å². The maximum absolute atomic E-state index is 11.6. The van der Waals surface area contributed by atoms with Gasteiger partial charge in [-0.25, -0.2) is 9.78 Å². The van der Waals surface area contributed by atoms with Crippen molar-refractivity contribution in [3.05, 3.63) is 22.9 Å². The molecule has 1 atom stereocenters. The molecule has 0 aromatic carbocycles. The molecule has 1 aromatic rings. The zero-order chi connectivity index (χ0) is 14.8. The van der Waals surface area contributed by atoms with Crippen molar-refractivity contribution in [1.82, 2.24) is 4.98 Å². The number of nitrogens with zero attached hydrogens (tertiary/aromatic N) is 2. The van der Waals surface area contributed by atoms with E-state index in [2.05, 4.69) is 4.90 Å². The van der Waals surface area contributed by atoms with Crippen molar-refractivity contribution in [1.29, 1.82) is 0 Å². The highest BCUT2D eigenvalue weighted by Crippen LogP contribution is 2.26. The highest BCUT2D eigenvalue weighted by atomic mass is 16.5. The van der Waals surface area contributed by atoms with E-state index in [1.54, 1.807) is 13.2 Å². The summed E-state index contributed by atoms with van der Waals surface area (Å²) in [5.74, 6) is -0.146. The molecule has 0 bridgehead atoms. The van der Waals surface area contributed by atoms with Crippen LogP contribution in [0, 0.1) is 0 Å². The van der Waals surface area contributed by atoms with Crippen LogP contribution in [0.3, 0.4) is 0 Å². The number of rotatable bonds is 3. The number of methoxy groups -OCH3 is 1. The molecule has 1 fully saturated rings. The summed E-state index contributed by atoms with van der Waals surface area (Å²) in [5.41, 5.74) is 2.05. The van der Waals surface area contributed by atoms with Crippen LogP contribution in [0.4, 0.5) is 5.82 Å². The quantitative estimate of drug-likeness (QED) is 0.900. The smallest absolute Gasteiger partial charge is 0.336 e. The minimum Gasteiger partial charge on any atom is -0.478 e. The van der Waals surface area contributed by atoms with E-state index < -0.39 is 5.97 Å². The molecule has 21 heavy (non-hydrogen) atoms. The molecule has 114 valence electrons. The maximum Gasteiger partial charge on any atom is 0.336 e. The number of pyridine rings is 1. The third kappa shape index (κ3) is 2.87. The molecule has 2 aliphatic heterocycles. The normalized spacial score (nSPS) is 22.0. The summed E-state index contributed by atoms with van der Waals surface area (Å²) in [4.78, 5) is 18.4. The van der Waals surface area contributed by atoms with Gasteiger partial charge in [-0.1, -0.05) is 0 Å². The Morgan fingerprint density at radius 3 is 3.00 bits per heavy atom. The monoisotopic (exact) mass is 292 g/mol. The third-order valence-electron chi connectivity index (χ3n) is 4.21. The number of ether oxygens (including phenoxy) is 2. The van der Waals surface area contributed by atoms with Crippen molar-refractivity contribution >= 4 is 11.8 Å². The molecule has 0 aliphatic carbocycles. The summed E-state index contributed by atoms with van der Waals surface area (Å²) < 4.78 is 10.8. The van der Waals surface area contributed by atoms with Crippen LogP contribution in [0.2, 0.25) is 0 Å². The van der Waals surface area contributed by atoms with E-state index in [0.29, 0.717) is 31.6 Å². The molecule has 0 radical (unpaired) electrons. The number of hydrogen-bond acceptors (Lipinski definition) is 5. The average molecular weight is 292 g/mol. The predicted molar refractivity (Wildman–Crippen MR) is 77.1 cm³/mol. The Bertz CT molecular complexity index is 547. The lowest BCUT2D eigenvalue weighted by Gasteiger charge is -2.20. The standard InChI is InChI=1S/C15H20N2O4/c1-20-10-2-5-17(9-10)14-8-12(15(18)19)11-3-6-21-7-4-13(11)16-14/h8,10H,2-7,9H2,1H3,(H,18,19)/t10-/m0/s1. The first kappa shape index (κ1) is 14.3. The molecule has 1 aromatic heterocycles. The van der Waals surface area contributed by atoms with Crippen LogP contribution in [0.5, 0.6) is 0 Å². The SMILES string of the molecule is CO[C@H]1CCN(c2cc(C(=O)O)c3c(n2)CCOCC3)C1. The molecule has 0 amide bonds. The van der Waals surface area contributed by atoms with Gasteiger partial charge in [0.25, 0.3) is 0 Å². The number of aromatic nitrogens is 1. The molecule has 0 unspecified atom stereocenters. The molecule has 3 rings (SSSR count). The lowest BCUT2D eigenvalue weighted by molar-refractivity contribution is 0.0695. The van der Waals surface area contributed by atoms with Gasteiger partial charge in [0.15, 0.2) is 0 Å². The number of carboxylic acid groups (broad SMARTS) is 1. The van der Waals surface area contributed by atoms with E-state index in [4.69, 9.17) is 14.5 Å². The van der Waals surface area contributed by atoms with Crippen LogP contribution < -0.4 is 4.90 Å². The van der Waals surface area contributed by atoms with Gasteiger partial charge in [0, 0.05) is 32.3 Å². The summed E-state index contributed by atoms with van der Waals surface area (Å²) in [5, 5.41) is 9.49. The van der Waals surface area contributed by atoms with E-state index >= 15 is 0 Å². The molecular weight excluding hydrogens is 272 g/mol. The highest BCUT2D eigenvalue weighted by molar-refractivity contribution is 5.90. The van der Waals surface area contributed by atoms with E-state index in [1.807, 2.05) is 0 Å². The third-order valence-corrected chi connectivity index (χ3v) is 4.21. The minimum absolute atomic E-state index is 0.197. The first-order valence-corrected chi connectivity index (χ1v) is 7.30. The van der Waals surface area contributed by atoms with E-state index in [9.17, 15) is 9.90 Å². The fraction of sp³-hybridized carbons (Fsp3) is 0.600. The molecule has 1 N–H and O–H groups in total. The molecule has 0 spiro atoms. The second-order valence-electron chi connectivity index (χ2n) is 5.46. The summed E-state index contributed by atoms with van der Waals surface area (Å²) >= 11 is 0. The zero-order valence-corrected chi connectivity index (χ0v) is 12.2. The number of fused-ring (bicyclic) bond motifs is 1. The van der Waals surface area contributed by atoms with E-state index in [1.165, 1.54) is 0 Å². The largest absolute Gasteiger partial charge is 0.478 e. The van der Waals surface area contributed by atoms with Gasteiger partial charge in [-0.2, -0.15) is 0 Å². The van der Waals surface area contributed by atoms with Gasteiger partial charge in [-0.3, -0.25) is 0 Å². The fourth-order valence-electron chi connectivity index (χ4n) is 3.02. The minimum atomic E-state index is -0.890. The van der Waals surface area contributed by atoms with E-state index in [0.717, 1.165) is 36.6 Å². The van der Waals surface area contributed by atoms with Gasteiger partial charge in [0.1, 0.15) is 5.82 Å². The van der Waals surface area contributed by atoms with Crippen molar-refractivity contribution in [2.75, 3.05) is 38.3 Å². The molecule has 6 nitrogen and oxygen atoms in total. The fourth-order valence-corrected chi connectivity index (χ4v) is 3.02. The Labute approximate surface area is 123 Å². The predicted octanol–water partition coefficient (Wildman–Crippen LogP) is 1.12. The van der Waals surface area contributed by atoms with Crippen LogP contribution in [0.1, 0.15) is 28.0 Å². The number of anilines is 1. The van der Waals surface area contributed by atoms with Crippen LogP contribution in [0.15, 0.2) is 6.07 Å². The van der Waals surface area contributed by atoms with Crippen LogP contribution in [-0.4, -0.2) is 55.6 Å². The second-order valence-corrected chi connectivity index (χ2v) is 5.46. The second kappa shape index (κ2) is 5.99. The van der Waals surface area contributed by atoms with Crippen molar-refractivity contribution in [3.63, 3.8) is 0 Å². The van der Waals surface area contributed by atoms with Crippen molar-refractivity contribution in [2.45, 2.75) is 25.4 Å². The number of carbonyl (C=O) groups is 1. The number of aromatic carboxylic acids is 1. The Hall–Kier alpha value is -1.66. The summed E-state index contributed by atoms with van der Waals surface area (Å²) in [7, 11) is 1.71. The lowest BCUT2D eigenvalue weighted by atomic mass is 10.0.